The van der Waals surface area contributed by atoms with Gasteiger partial charge in [-0.25, -0.2) is 4.39 Å². The average Bonchev–Trinajstić information content (AvgIpc) is 3.15. The molecule has 2 heterocycles. The van der Waals surface area contributed by atoms with Crippen molar-refractivity contribution in [2.24, 2.45) is 5.73 Å². The first-order valence-electron chi connectivity index (χ1n) is 9.27. The number of hydrogen-bond acceptors (Lipinski definition) is 5. The Kier molecular flexibility index (Phi) is 4.92. The van der Waals surface area contributed by atoms with E-state index in [1.165, 1.54) is 6.07 Å². The lowest BCUT2D eigenvalue weighted by Crippen LogP contribution is -2.21. The fourth-order valence-electron chi connectivity index (χ4n) is 3.42. The van der Waals surface area contributed by atoms with Gasteiger partial charge in [0.25, 0.3) is 0 Å². The smallest absolute Gasteiger partial charge is 0.244 e. The molecule has 0 saturated heterocycles. The van der Waals surface area contributed by atoms with Crippen molar-refractivity contribution < 1.29 is 13.9 Å². The molecule has 0 unspecified atom stereocenters. The van der Waals surface area contributed by atoms with Gasteiger partial charge in [-0.1, -0.05) is 25.1 Å². The number of rotatable bonds is 5. The van der Waals surface area contributed by atoms with Crippen LogP contribution < -0.4 is 15.2 Å². The molecule has 0 bridgehead atoms. The number of aromatic amines is 1. The maximum Gasteiger partial charge on any atom is 0.244 e. The highest BCUT2D eigenvalue weighted by molar-refractivity contribution is 5.71. The predicted molar refractivity (Wildman–Crippen MR) is 106 cm³/mol. The molecule has 0 fully saturated rings. The molecule has 6 nitrogen and oxygen atoms in total. The van der Waals surface area contributed by atoms with Gasteiger partial charge >= 0.3 is 0 Å². The molecule has 0 saturated carbocycles. The quantitative estimate of drug-likeness (QED) is 0.680. The fourth-order valence-corrected chi connectivity index (χ4v) is 3.42. The Morgan fingerprint density at radius 1 is 1.24 bits per heavy atom. The van der Waals surface area contributed by atoms with Crippen molar-refractivity contribution in [3.05, 3.63) is 76.9 Å². The first kappa shape index (κ1) is 18.6. The molecule has 0 radical (unpaired) electrons. The molecule has 2 aromatic carbocycles. The third-order valence-corrected chi connectivity index (χ3v) is 4.77. The maximum absolute atomic E-state index is 14.7. The zero-order valence-corrected chi connectivity index (χ0v) is 15.8. The second kappa shape index (κ2) is 7.68. The highest BCUT2D eigenvalue weighted by Crippen LogP contribution is 2.46. The Balaban J connectivity index is 1.83. The molecule has 7 heteroatoms. The molecule has 0 amide bonds. The van der Waals surface area contributed by atoms with Crippen LogP contribution in [-0.2, 0) is 0 Å². The lowest BCUT2D eigenvalue weighted by molar-refractivity contribution is 0.317. The molecule has 3 aromatic rings. The van der Waals surface area contributed by atoms with Gasteiger partial charge < -0.3 is 15.2 Å². The van der Waals surface area contributed by atoms with E-state index in [1.54, 1.807) is 18.2 Å². The van der Waals surface area contributed by atoms with Crippen LogP contribution in [0.1, 0.15) is 30.4 Å². The summed E-state index contributed by atoms with van der Waals surface area (Å²) in [4.78, 5) is 0. The summed E-state index contributed by atoms with van der Waals surface area (Å²) in [6, 6.07) is 15.9. The minimum absolute atomic E-state index is 0.0744. The Morgan fingerprint density at radius 3 is 2.69 bits per heavy atom. The number of nitrogens with two attached hydrogens (primary N) is 1. The first-order valence-corrected chi connectivity index (χ1v) is 9.27. The second-order valence-electron chi connectivity index (χ2n) is 6.64. The van der Waals surface area contributed by atoms with E-state index in [9.17, 15) is 9.65 Å². The van der Waals surface area contributed by atoms with Crippen LogP contribution in [0, 0.1) is 17.1 Å². The average molecular weight is 390 g/mol. The van der Waals surface area contributed by atoms with Crippen molar-refractivity contribution >= 4 is 0 Å². The van der Waals surface area contributed by atoms with Crippen LogP contribution in [0.4, 0.5) is 4.39 Å². The molecule has 0 aliphatic carbocycles. The molecule has 4 rings (SSSR count). The molecule has 1 aliphatic rings. The number of H-pyrrole nitrogens is 1. The van der Waals surface area contributed by atoms with Crippen LogP contribution in [0.3, 0.4) is 0 Å². The summed E-state index contributed by atoms with van der Waals surface area (Å²) in [5.41, 5.74) is 8.44. The lowest BCUT2D eigenvalue weighted by Gasteiger charge is -2.24. The van der Waals surface area contributed by atoms with Gasteiger partial charge in [0.1, 0.15) is 23.2 Å². The minimum Gasteiger partial charge on any atom is -0.494 e. The summed E-state index contributed by atoms with van der Waals surface area (Å²) in [6.07, 6.45) is 0.919. The molecular formula is C22H19FN4O2. The number of nitrogens with zero attached hydrogens (tertiary/aromatic N) is 2. The normalized spacial score (nSPS) is 15.4. The van der Waals surface area contributed by atoms with Crippen LogP contribution in [-0.4, -0.2) is 16.8 Å². The number of nitriles is 1. The van der Waals surface area contributed by atoms with Crippen molar-refractivity contribution in [1.82, 2.24) is 10.2 Å². The first-order chi connectivity index (χ1) is 14.1. The standard InChI is InChI=1S/C22H19FN4O2/c1-2-11-28-14-9-7-13(8-10-14)20-19-18(15-5-3-4-6-17(15)23)16(12-24)21(25)29-22(19)27-26-20/h3-10,18H,2,11,25H2,1H3,(H,26,27)/t18-/m0/s1. The number of benzene rings is 2. The van der Waals surface area contributed by atoms with Crippen molar-refractivity contribution in [1.29, 1.82) is 5.26 Å². The largest absolute Gasteiger partial charge is 0.494 e. The molecule has 1 aliphatic heterocycles. The summed E-state index contributed by atoms with van der Waals surface area (Å²) in [6.45, 7) is 2.68. The Bertz CT molecular complexity index is 1110. The van der Waals surface area contributed by atoms with Gasteiger partial charge in [0.15, 0.2) is 0 Å². The number of aromatic nitrogens is 2. The summed E-state index contributed by atoms with van der Waals surface area (Å²) in [5.74, 6) is -0.241. The monoisotopic (exact) mass is 390 g/mol. The van der Waals surface area contributed by atoms with Crippen LogP contribution in [0.25, 0.3) is 11.3 Å². The lowest BCUT2D eigenvalue weighted by atomic mass is 9.83. The van der Waals surface area contributed by atoms with E-state index < -0.39 is 11.7 Å². The SMILES string of the molecule is CCCOc1ccc(-c2[nH]nc3c2[C@@H](c2ccccc2F)C(C#N)=C(N)O3)cc1. The van der Waals surface area contributed by atoms with Crippen molar-refractivity contribution in [3.8, 4) is 29.0 Å². The molecule has 1 atom stereocenters. The Labute approximate surface area is 167 Å². The summed E-state index contributed by atoms with van der Waals surface area (Å²) < 4.78 is 25.8. The third kappa shape index (κ3) is 3.29. The van der Waals surface area contributed by atoms with E-state index in [0.29, 0.717) is 23.4 Å². The minimum atomic E-state index is -0.727. The molecule has 29 heavy (non-hydrogen) atoms. The maximum atomic E-state index is 14.7. The van der Waals surface area contributed by atoms with Crippen molar-refractivity contribution in [2.45, 2.75) is 19.3 Å². The van der Waals surface area contributed by atoms with Gasteiger partial charge in [-0.05, 0) is 36.8 Å². The summed E-state index contributed by atoms with van der Waals surface area (Å²) in [5, 5.41) is 16.8. The number of hydrogen-bond donors (Lipinski definition) is 2. The van der Waals surface area contributed by atoms with Crippen molar-refractivity contribution in [2.75, 3.05) is 6.61 Å². The van der Waals surface area contributed by atoms with Crippen LogP contribution in [0.5, 0.6) is 11.6 Å². The van der Waals surface area contributed by atoms with E-state index in [0.717, 1.165) is 17.7 Å². The van der Waals surface area contributed by atoms with E-state index in [2.05, 4.69) is 16.3 Å². The molecule has 0 spiro atoms. The second-order valence-corrected chi connectivity index (χ2v) is 6.64. The van der Waals surface area contributed by atoms with Gasteiger partial charge in [0, 0.05) is 11.1 Å². The summed E-state index contributed by atoms with van der Waals surface area (Å²) >= 11 is 0. The van der Waals surface area contributed by atoms with Gasteiger partial charge in [-0.15, -0.1) is 5.10 Å². The summed E-state index contributed by atoms with van der Waals surface area (Å²) in [7, 11) is 0. The highest BCUT2D eigenvalue weighted by Gasteiger charge is 2.36. The topological polar surface area (TPSA) is 97.0 Å². The number of halogens is 1. The fraction of sp³-hybridized carbons (Fsp3) is 0.182. The molecular weight excluding hydrogens is 371 g/mol. The Hall–Kier alpha value is -3.79. The highest BCUT2D eigenvalue weighted by atomic mass is 19.1. The van der Waals surface area contributed by atoms with E-state index in [1.807, 2.05) is 31.2 Å². The van der Waals surface area contributed by atoms with E-state index >= 15 is 0 Å². The van der Waals surface area contributed by atoms with Crippen LogP contribution in [0.15, 0.2) is 60.0 Å². The van der Waals surface area contributed by atoms with Crippen LogP contribution in [0.2, 0.25) is 0 Å². The zero-order valence-electron chi connectivity index (χ0n) is 15.8. The Morgan fingerprint density at radius 2 is 2.00 bits per heavy atom. The predicted octanol–water partition coefficient (Wildman–Crippen LogP) is 4.22. The van der Waals surface area contributed by atoms with Crippen LogP contribution >= 0.6 is 0 Å². The molecule has 1 aromatic heterocycles. The molecule has 146 valence electrons. The van der Waals surface area contributed by atoms with E-state index in [-0.39, 0.29) is 17.3 Å². The zero-order chi connectivity index (χ0) is 20.4. The van der Waals surface area contributed by atoms with Gasteiger partial charge in [-0.3, -0.25) is 5.10 Å². The van der Waals surface area contributed by atoms with E-state index in [4.69, 9.17) is 15.2 Å². The van der Waals surface area contributed by atoms with Gasteiger partial charge in [0.2, 0.25) is 11.8 Å². The van der Waals surface area contributed by atoms with Gasteiger partial charge in [-0.2, -0.15) is 5.26 Å². The number of nitrogens with one attached hydrogen (secondary N) is 1. The molecule has 3 N–H and O–H groups in total. The third-order valence-electron chi connectivity index (χ3n) is 4.77. The number of fused-ring (bicyclic) bond motifs is 1. The number of ether oxygens (including phenoxy) is 2. The van der Waals surface area contributed by atoms with Gasteiger partial charge in [0.05, 0.1) is 23.8 Å². The number of allylic oxidation sites excluding steroid dienone is 1. The van der Waals surface area contributed by atoms with Crippen molar-refractivity contribution in [3.63, 3.8) is 0 Å².